The first-order chi connectivity index (χ1) is 9.10. The van der Waals surface area contributed by atoms with Crippen LogP contribution in [0.1, 0.15) is 18.2 Å². The van der Waals surface area contributed by atoms with Gasteiger partial charge < -0.3 is 4.74 Å². The summed E-state index contributed by atoms with van der Waals surface area (Å²) in [6.07, 6.45) is 0.219. The molecule has 0 bridgehead atoms. The third kappa shape index (κ3) is 3.55. The van der Waals surface area contributed by atoms with Gasteiger partial charge >= 0.3 is 5.97 Å². The number of esters is 1. The van der Waals surface area contributed by atoms with E-state index >= 15 is 0 Å². The summed E-state index contributed by atoms with van der Waals surface area (Å²) in [7, 11) is 0. The summed E-state index contributed by atoms with van der Waals surface area (Å²) in [6.45, 7) is 4.18. The zero-order chi connectivity index (χ0) is 13.8. The van der Waals surface area contributed by atoms with Crippen molar-refractivity contribution >= 4 is 28.9 Å². The fourth-order valence-corrected chi connectivity index (χ4v) is 2.88. The second-order valence-corrected chi connectivity index (χ2v) is 5.38. The number of ether oxygens (including phenoxy) is 1. The minimum atomic E-state index is -0.243. The molecule has 1 aromatic heterocycles. The van der Waals surface area contributed by atoms with Crippen LogP contribution < -0.4 is 0 Å². The molecule has 0 atom stereocenters. The minimum absolute atomic E-state index is 0.219. The quantitative estimate of drug-likeness (QED) is 0.804. The van der Waals surface area contributed by atoms with Crippen molar-refractivity contribution in [1.82, 2.24) is 4.98 Å². The lowest BCUT2D eigenvalue weighted by Gasteiger charge is -2.02. The zero-order valence-corrected chi connectivity index (χ0v) is 12.3. The molecule has 0 unspecified atom stereocenters. The average Bonchev–Trinajstić information content (AvgIpc) is 2.77. The van der Waals surface area contributed by atoms with E-state index in [1.807, 2.05) is 30.5 Å². The average molecular weight is 296 g/mol. The van der Waals surface area contributed by atoms with Gasteiger partial charge in [-0.1, -0.05) is 17.7 Å². The number of halogens is 1. The van der Waals surface area contributed by atoms with Gasteiger partial charge in [-0.05, 0) is 31.5 Å². The first kappa shape index (κ1) is 14.0. The largest absolute Gasteiger partial charge is 0.466 e. The molecule has 2 aromatic rings. The number of benzene rings is 1. The number of rotatable bonds is 4. The fraction of sp³-hybridized carbons (Fsp3) is 0.286. The summed E-state index contributed by atoms with van der Waals surface area (Å²) in [5.74, 6) is -0.243. The molecule has 0 aliphatic heterocycles. The summed E-state index contributed by atoms with van der Waals surface area (Å²) in [4.78, 5) is 15.9. The highest BCUT2D eigenvalue weighted by Gasteiger charge is 2.11. The van der Waals surface area contributed by atoms with E-state index in [-0.39, 0.29) is 12.4 Å². The Morgan fingerprint density at radius 2 is 2.26 bits per heavy atom. The van der Waals surface area contributed by atoms with Crippen LogP contribution >= 0.6 is 22.9 Å². The molecule has 0 fully saturated rings. The van der Waals surface area contributed by atoms with Crippen LogP contribution in [0.5, 0.6) is 0 Å². The maximum Gasteiger partial charge on any atom is 0.311 e. The predicted octanol–water partition coefficient (Wildman–Crippen LogP) is 3.88. The molecule has 0 radical (unpaired) electrons. The third-order valence-corrected chi connectivity index (χ3v) is 3.76. The van der Waals surface area contributed by atoms with Gasteiger partial charge in [0.1, 0.15) is 5.01 Å². The van der Waals surface area contributed by atoms with Crippen LogP contribution in [0, 0.1) is 6.92 Å². The maximum absolute atomic E-state index is 11.4. The van der Waals surface area contributed by atoms with Crippen LogP contribution in [-0.2, 0) is 16.0 Å². The van der Waals surface area contributed by atoms with Crippen molar-refractivity contribution < 1.29 is 9.53 Å². The van der Waals surface area contributed by atoms with Gasteiger partial charge in [-0.2, -0.15) is 0 Å². The monoisotopic (exact) mass is 295 g/mol. The maximum atomic E-state index is 11.4. The van der Waals surface area contributed by atoms with E-state index in [1.165, 1.54) is 11.3 Å². The lowest BCUT2D eigenvalue weighted by atomic mass is 10.1. The first-order valence-electron chi connectivity index (χ1n) is 5.96. The van der Waals surface area contributed by atoms with Crippen molar-refractivity contribution in [3.05, 3.63) is 39.9 Å². The predicted molar refractivity (Wildman–Crippen MR) is 77.6 cm³/mol. The second-order valence-electron chi connectivity index (χ2n) is 4.09. The Morgan fingerprint density at radius 3 is 2.95 bits per heavy atom. The number of aryl methyl sites for hydroxylation is 1. The highest BCUT2D eigenvalue weighted by molar-refractivity contribution is 7.13. The molecule has 0 spiro atoms. The summed E-state index contributed by atoms with van der Waals surface area (Å²) in [6, 6.07) is 5.70. The van der Waals surface area contributed by atoms with Crippen molar-refractivity contribution in [3.63, 3.8) is 0 Å². The van der Waals surface area contributed by atoms with E-state index in [4.69, 9.17) is 16.3 Å². The first-order valence-corrected chi connectivity index (χ1v) is 7.22. The number of carbonyl (C=O) groups is 1. The number of carbonyl (C=O) groups excluding carboxylic acids is 1. The third-order valence-electron chi connectivity index (χ3n) is 2.60. The second kappa shape index (κ2) is 6.17. The lowest BCUT2D eigenvalue weighted by Crippen LogP contribution is -2.07. The van der Waals surface area contributed by atoms with E-state index < -0.39 is 0 Å². The van der Waals surface area contributed by atoms with Crippen molar-refractivity contribution in [2.75, 3.05) is 6.61 Å². The molecule has 1 aromatic carbocycles. The fourth-order valence-electron chi connectivity index (χ4n) is 1.74. The van der Waals surface area contributed by atoms with Crippen molar-refractivity contribution in [3.8, 4) is 10.6 Å². The molecular formula is C14H14ClNO2S. The molecule has 2 rings (SSSR count). The van der Waals surface area contributed by atoms with Crippen LogP contribution in [0.2, 0.25) is 5.02 Å². The summed E-state index contributed by atoms with van der Waals surface area (Å²) >= 11 is 7.46. The van der Waals surface area contributed by atoms with Gasteiger partial charge in [-0.3, -0.25) is 4.79 Å². The van der Waals surface area contributed by atoms with Gasteiger partial charge in [0.2, 0.25) is 0 Å². The molecule has 100 valence electrons. The Kier molecular flexibility index (Phi) is 4.56. The highest BCUT2D eigenvalue weighted by Crippen LogP contribution is 2.28. The van der Waals surface area contributed by atoms with E-state index in [0.717, 1.165) is 21.8 Å². The van der Waals surface area contributed by atoms with Crippen LogP contribution in [0.4, 0.5) is 0 Å². The van der Waals surface area contributed by atoms with Crippen LogP contribution in [0.3, 0.4) is 0 Å². The highest BCUT2D eigenvalue weighted by atomic mass is 35.5. The molecule has 0 saturated heterocycles. The van der Waals surface area contributed by atoms with Crippen LogP contribution in [0.25, 0.3) is 10.6 Å². The van der Waals surface area contributed by atoms with Gasteiger partial charge in [0.15, 0.2) is 0 Å². The topological polar surface area (TPSA) is 39.2 Å². The van der Waals surface area contributed by atoms with Gasteiger partial charge in [-0.15, -0.1) is 11.3 Å². The van der Waals surface area contributed by atoms with E-state index in [2.05, 4.69) is 4.98 Å². The standard InChI is InChI=1S/C14H14ClNO2S/c1-3-18-13(17)7-11-8-19-14(16-11)12-5-4-10(15)6-9(12)2/h4-6,8H,3,7H2,1-2H3. The molecular weight excluding hydrogens is 282 g/mol. The van der Waals surface area contributed by atoms with Gasteiger partial charge in [0.05, 0.1) is 18.7 Å². The van der Waals surface area contributed by atoms with Crippen molar-refractivity contribution in [2.24, 2.45) is 0 Å². The molecule has 3 nitrogen and oxygen atoms in total. The Balaban J connectivity index is 2.18. The molecule has 5 heteroatoms. The minimum Gasteiger partial charge on any atom is -0.466 e. The number of thiazole rings is 1. The van der Waals surface area contributed by atoms with Crippen molar-refractivity contribution in [1.29, 1.82) is 0 Å². The Labute approximate surface area is 121 Å². The lowest BCUT2D eigenvalue weighted by molar-refractivity contribution is -0.142. The van der Waals surface area contributed by atoms with Crippen molar-refractivity contribution in [2.45, 2.75) is 20.3 Å². The number of hydrogen-bond acceptors (Lipinski definition) is 4. The molecule has 1 heterocycles. The summed E-state index contributed by atoms with van der Waals surface area (Å²) in [5.41, 5.74) is 2.86. The molecule has 0 aliphatic rings. The summed E-state index contributed by atoms with van der Waals surface area (Å²) in [5, 5.41) is 3.50. The smallest absolute Gasteiger partial charge is 0.311 e. The van der Waals surface area contributed by atoms with E-state index in [0.29, 0.717) is 11.6 Å². The number of nitrogens with zero attached hydrogens (tertiary/aromatic N) is 1. The Hall–Kier alpha value is -1.39. The SMILES string of the molecule is CCOC(=O)Cc1csc(-c2ccc(Cl)cc2C)n1. The molecule has 0 N–H and O–H groups in total. The molecule has 0 aliphatic carbocycles. The molecule has 19 heavy (non-hydrogen) atoms. The van der Waals surface area contributed by atoms with Crippen LogP contribution in [-0.4, -0.2) is 17.6 Å². The Morgan fingerprint density at radius 1 is 1.47 bits per heavy atom. The molecule has 0 saturated carbocycles. The summed E-state index contributed by atoms with van der Waals surface area (Å²) < 4.78 is 4.91. The van der Waals surface area contributed by atoms with E-state index in [9.17, 15) is 4.79 Å². The Bertz CT molecular complexity index is 595. The molecule has 0 amide bonds. The van der Waals surface area contributed by atoms with Crippen LogP contribution in [0.15, 0.2) is 23.6 Å². The van der Waals surface area contributed by atoms with Gasteiger partial charge in [0, 0.05) is 16.0 Å². The normalized spacial score (nSPS) is 10.5. The van der Waals surface area contributed by atoms with Gasteiger partial charge in [-0.25, -0.2) is 4.98 Å². The van der Waals surface area contributed by atoms with E-state index in [1.54, 1.807) is 6.92 Å². The zero-order valence-electron chi connectivity index (χ0n) is 10.8. The van der Waals surface area contributed by atoms with Gasteiger partial charge in [0.25, 0.3) is 0 Å². The number of aromatic nitrogens is 1. The number of hydrogen-bond donors (Lipinski definition) is 0.